The van der Waals surface area contributed by atoms with E-state index >= 15 is 0 Å². The van der Waals surface area contributed by atoms with Crippen molar-refractivity contribution in [3.05, 3.63) is 144 Å². The van der Waals surface area contributed by atoms with E-state index in [0.29, 0.717) is 0 Å². The Labute approximate surface area is 241 Å². The van der Waals surface area contributed by atoms with Crippen LogP contribution in [0.15, 0.2) is 121 Å². The largest absolute Gasteiger partial charge is 0.452 e. The zero-order valence-electron chi connectivity index (χ0n) is 22.2. The van der Waals surface area contributed by atoms with Crippen LogP contribution in [0.2, 0.25) is 0 Å². The maximum atomic E-state index is 13.2. The van der Waals surface area contributed by atoms with Gasteiger partial charge in [0.05, 0.1) is 28.9 Å². The first-order chi connectivity index (χ1) is 20.5. The van der Waals surface area contributed by atoms with Crippen LogP contribution in [-0.2, 0) is 23.7 Å². The molecule has 1 heterocycles. The second-order valence-corrected chi connectivity index (χ2v) is 9.25. The molecule has 1 aliphatic rings. The Kier molecular flexibility index (Phi) is 9.00. The van der Waals surface area contributed by atoms with Crippen LogP contribution in [0.5, 0.6) is 0 Å². The first-order valence-electron chi connectivity index (χ1n) is 13.2. The monoisotopic (exact) mass is 566 g/mol. The molecule has 1 saturated heterocycles. The molecular formula is C33H26O9. The first-order valence-corrected chi connectivity index (χ1v) is 13.2. The normalized spacial score (nSPS) is 19.6. The lowest BCUT2D eigenvalue weighted by Gasteiger charge is -2.40. The lowest BCUT2D eigenvalue weighted by atomic mass is 10.0. The van der Waals surface area contributed by atoms with Crippen molar-refractivity contribution in [2.24, 2.45) is 0 Å². The zero-order valence-corrected chi connectivity index (χ0v) is 22.2. The smallest absolute Gasteiger partial charge is 0.340 e. The number of hydrogen-bond acceptors (Lipinski definition) is 9. The molecule has 4 aromatic carbocycles. The van der Waals surface area contributed by atoms with Crippen LogP contribution in [0.4, 0.5) is 0 Å². The fourth-order valence-electron chi connectivity index (χ4n) is 4.27. The SMILES string of the molecule is O=C(O[C@H]1OC[C@@H](OC(=O)c2ccccc2)[C@H](OC(=O)c2ccccc2)[C@H]1OC(=O)c1ccccc1)c1ccccc1. The van der Waals surface area contributed by atoms with Gasteiger partial charge in [0.25, 0.3) is 0 Å². The van der Waals surface area contributed by atoms with E-state index in [9.17, 15) is 19.2 Å². The number of hydrogen-bond donors (Lipinski definition) is 0. The third-order valence-corrected chi connectivity index (χ3v) is 6.39. The van der Waals surface area contributed by atoms with Crippen molar-refractivity contribution in [1.82, 2.24) is 0 Å². The van der Waals surface area contributed by atoms with Gasteiger partial charge in [-0.2, -0.15) is 0 Å². The highest BCUT2D eigenvalue weighted by molar-refractivity contribution is 5.91. The molecule has 0 saturated carbocycles. The molecule has 212 valence electrons. The average molecular weight is 567 g/mol. The van der Waals surface area contributed by atoms with Crippen LogP contribution < -0.4 is 0 Å². The van der Waals surface area contributed by atoms with Crippen molar-refractivity contribution in [3.63, 3.8) is 0 Å². The van der Waals surface area contributed by atoms with Gasteiger partial charge >= 0.3 is 23.9 Å². The van der Waals surface area contributed by atoms with E-state index in [1.807, 2.05) is 0 Å². The molecule has 0 radical (unpaired) electrons. The third kappa shape index (κ3) is 6.89. The van der Waals surface area contributed by atoms with Crippen molar-refractivity contribution in [3.8, 4) is 0 Å². The lowest BCUT2D eigenvalue weighted by Crippen LogP contribution is -2.58. The average Bonchev–Trinajstić information content (AvgIpc) is 3.05. The van der Waals surface area contributed by atoms with E-state index in [1.165, 1.54) is 12.1 Å². The van der Waals surface area contributed by atoms with Gasteiger partial charge in [0.15, 0.2) is 12.2 Å². The number of rotatable bonds is 8. The maximum Gasteiger partial charge on any atom is 0.340 e. The predicted octanol–water partition coefficient (Wildman–Crippen LogP) is 4.88. The standard InChI is InChI=1S/C33H26O9/c34-29(22-13-5-1-6-14-22)39-26-21-38-33(42-32(37)25-19-11-4-12-20-25)28(41-31(36)24-17-9-3-10-18-24)27(26)40-30(35)23-15-7-2-8-16-23/h1-20,26-28,33H,21H2/t26-,27+,28-,33-/m1/s1. The molecule has 9 heteroatoms. The molecule has 4 atom stereocenters. The second-order valence-electron chi connectivity index (χ2n) is 9.25. The van der Waals surface area contributed by atoms with Gasteiger partial charge in [-0.1, -0.05) is 72.8 Å². The topological polar surface area (TPSA) is 114 Å². The van der Waals surface area contributed by atoms with Gasteiger partial charge in [0.2, 0.25) is 12.4 Å². The molecule has 0 N–H and O–H groups in total. The molecule has 42 heavy (non-hydrogen) atoms. The predicted molar refractivity (Wildman–Crippen MR) is 149 cm³/mol. The molecule has 1 fully saturated rings. The molecule has 1 aliphatic heterocycles. The van der Waals surface area contributed by atoms with Crippen LogP contribution >= 0.6 is 0 Å². The molecule has 0 spiro atoms. The quantitative estimate of drug-likeness (QED) is 0.218. The third-order valence-electron chi connectivity index (χ3n) is 6.39. The fraction of sp³-hybridized carbons (Fsp3) is 0.152. The first kappa shape index (κ1) is 28.3. The number of ether oxygens (including phenoxy) is 5. The van der Waals surface area contributed by atoms with Gasteiger partial charge in [0.1, 0.15) is 0 Å². The minimum Gasteiger partial charge on any atom is -0.452 e. The summed E-state index contributed by atoms with van der Waals surface area (Å²) in [5.41, 5.74) is 0.885. The van der Waals surface area contributed by atoms with E-state index in [1.54, 1.807) is 109 Å². The second kappa shape index (κ2) is 13.4. The number of carbonyl (C=O) groups excluding carboxylic acids is 4. The summed E-state index contributed by atoms with van der Waals surface area (Å²) in [6, 6.07) is 32.6. The number of carbonyl (C=O) groups is 4. The summed E-state index contributed by atoms with van der Waals surface area (Å²) >= 11 is 0. The Bertz CT molecular complexity index is 1390. The molecule has 9 nitrogen and oxygen atoms in total. The molecule has 0 bridgehead atoms. The van der Waals surface area contributed by atoms with Crippen molar-refractivity contribution < 1.29 is 42.9 Å². The molecule has 5 rings (SSSR count). The van der Waals surface area contributed by atoms with Crippen LogP contribution in [-0.4, -0.2) is 55.1 Å². The van der Waals surface area contributed by atoms with Gasteiger partial charge < -0.3 is 23.7 Å². The van der Waals surface area contributed by atoms with Gasteiger partial charge in [-0.15, -0.1) is 0 Å². The van der Waals surface area contributed by atoms with E-state index in [0.717, 1.165) is 0 Å². The van der Waals surface area contributed by atoms with Crippen LogP contribution in [0.3, 0.4) is 0 Å². The van der Waals surface area contributed by atoms with Gasteiger partial charge in [-0.05, 0) is 48.5 Å². The highest BCUT2D eigenvalue weighted by Gasteiger charge is 2.50. The van der Waals surface area contributed by atoms with Crippen molar-refractivity contribution in [2.75, 3.05) is 6.61 Å². The number of esters is 4. The summed E-state index contributed by atoms with van der Waals surface area (Å²) in [4.78, 5) is 52.4. The Hall–Kier alpha value is -5.28. The lowest BCUT2D eigenvalue weighted by molar-refractivity contribution is -0.250. The molecule has 4 aromatic rings. The summed E-state index contributed by atoms with van der Waals surface area (Å²) in [5.74, 6) is -3.02. The van der Waals surface area contributed by atoms with Crippen molar-refractivity contribution in [1.29, 1.82) is 0 Å². The Balaban J connectivity index is 1.48. The summed E-state index contributed by atoms with van der Waals surface area (Å²) in [7, 11) is 0. The van der Waals surface area contributed by atoms with Crippen molar-refractivity contribution >= 4 is 23.9 Å². The minimum absolute atomic E-state index is 0.196. The fourth-order valence-corrected chi connectivity index (χ4v) is 4.27. The van der Waals surface area contributed by atoms with Crippen molar-refractivity contribution in [2.45, 2.75) is 24.6 Å². The molecule has 0 amide bonds. The van der Waals surface area contributed by atoms with Gasteiger partial charge in [-0.25, -0.2) is 19.2 Å². The zero-order chi connectivity index (χ0) is 29.3. The van der Waals surface area contributed by atoms with Gasteiger partial charge in [0, 0.05) is 0 Å². The highest BCUT2D eigenvalue weighted by atomic mass is 16.7. The molecule has 0 aliphatic carbocycles. The van der Waals surface area contributed by atoms with Gasteiger partial charge in [-0.3, -0.25) is 0 Å². The highest BCUT2D eigenvalue weighted by Crippen LogP contribution is 2.28. The molecule has 0 aromatic heterocycles. The van der Waals surface area contributed by atoms with E-state index in [2.05, 4.69) is 0 Å². The Morgan fingerprint density at radius 3 is 1.19 bits per heavy atom. The van der Waals surface area contributed by atoms with Crippen LogP contribution in [0.1, 0.15) is 41.4 Å². The number of benzene rings is 4. The maximum absolute atomic E-state index is 13.2. The van der Waals surface area contributed by atoms with Crippen LogP contribution in [0.25, 0.3) is 0 Å². The minimum atomic E-state index is -1.50. The molecular weight excluding hydrogens is 540 g/mol. The Morgan fingerprint density at radius 1 is 0.452 bits per heavy atom. The van der Waals surface area contributed by atoms with E-state index in [-0.39, 0.29) is 28.9 Å². The molecule has 0 unspecified atom stereocenters. The van der Waals surface area contributed by atoms with E-state index < -0.39 is 48.5 Å². The summed E-state index contributed by atoms with van der Waals surface area (Å²) in [5, 5.41) is 0. The van der Waals surface area contributed by atoms with E-state index in [4.69, 9.17) is 23.7 Å². The summed E-state index contributed by atoms with van der Waals surface area (Å²) in [6.07, 6.45) is -5.61. The van der Waals surface area contributed by atoms with Crippen LogP contribution in [0, 0.1) is 0 Å². The summed E-state index contributed by atoms with van der Waals surface area (Å²) in [6.45, 7) is -0.322. The summed E-state index contributed by atoms with van der Waals surface area (Å²) < 4.78 is 28.7. The Morgan fingerprint density at radius 2 is 0.786 bits per heavy atom.